The predicted octanol–water partition coefficient (Wildman–Crippen LogP) is 18.0. The quantitative estimate of drug-likeness (QED) is 0.160. The van der Waals surface area contributed by atoms with Gasteiger partial charge in [-0.1, -0.05) is 165 Å². The van der Waals surface area contributed by atoms with E-state index in [4.69, 9.17) is 8.83 Å². The Balaban J connectivity index is 0.930. The Bertz CT molecular complexity index is 3850. The highest BCUT2D eigenvalue weighted by Crippen LogP contribution is 2.45. The summed E-state index contributed by atoms with van der Waals surface area (Å²) in [4.78, 5) is 2.37. The molecule has 10 aromatic carbocycles. The summed E-state index contributed by atoms with van der Waals surface area (Å²) < 4.78 is 13.3. The van der Waals surface area contributed by atoms with Gasteiger partial charge in [-0.3, -0.25) is 0 Å². The fraction of sp³-hybridized carbons (Fsp3) is 0.0476. The van der Waals surface area contributed by atoms with E-state index in [9.17, 15) is 0 Å². The third-order valence-corrected chi connectivity index (χ3v) is 13.6. The fourth-order valence-electron chi connectivity index (χ4n) is 10.4. The molecule has 1 atom stereocenters. The molecule has 0 radical (unpaired) electrons. The van der Waals surface area contributed by atoms with E-state index < -0.39 is 0 Å². The molecule has 2 aromatic heterocycles. The molecule has 3 nitrogen and oxygen atoms in total. The van der Waals surface area contributed by atoms with E-state index in [0.29, 0.717) is 5.92 Å². The maximum Gasteiger partial charge on any atom is 0.143 e. The monoisotopic (exact) mass is 845 g/mol. The molecule has 13 rings (SSSR count). The molecular formula is C63H43NO2. The van der Waals surface area contributed by atoms with Crippen LogP contribution in [0.3, 0.4) is 0 Å². The number of benzene rings is 10. The van der Waals surface area contributed by atoms with Gasteiger partial charge >= 0.3 is 0 Å². The van der Waals surface area contributed by atoms with Crippen LogP contribution in [0.1, 0.15) is 18.1 Å². The van der Waals surface area contributed by atoms with Crippen LogP contribution in [0.4, 0.5) is 17.1 Å². The molecule has 0 spiro atoms. The van der Waals surface area contributed by atoms with E-state index in [2.05, 4.69) is 236 Å². The van der Waals surface area contributed by atoms with Gasteiger partial charge in [0.05, 0.1) is 0 Å². The van der Waals surface area contributed by atoms with Crippen LogP contribution in [-0.2, 0) is 6.42 Å². The van der Waals surface area contributed by atoms with Gasteiger partial charge in [0.2, 0.25) is 0 Å². The number of hydrogen-bond acceptors (Lipinski definition) is 3. The lowest BCUT2D eigenvalue weighted by molar-refractivity contribution is 0.647. The minimum Gasteiger partial charge on any atom is -0.456 e. The minimum atomic E-state index is 0.481. The van der Waals surface area contributed by atoms with Gasteiger partial charge < -0.3 is 13.7 Å². The fourth-order valence-corrected chi connectivity index (χ4v) is 10.4. The molecule has 0 amide bonds. The molecule has 312 valence electrons. The molecule has 0 aliphatic heterocycles. The Morgan fingerprint density at radius 3 is 1.74 bits per heavy atom. The van der Waals surface area contributed by atoms with Crippen LogP contribution in [0, 0.1) is 5.92 Å². The van der Waals surface area contributed by atoms with Crippen LogP contribution in [0.15, 0.2) is 227 Å². The van der Waals surface area contributed by atoms with E-state index >= 15 is 0 Å². The maximum absolute atomic E-state index is 6.67. The standard InChI is InChI=1S/C63H43NO2/c1-40-23-24-45-30-36-56-60-52(19-9-21-58(60)66-63(56)57(45)37-40)44-27-33-50(34-28-44)64(49-31-25-42(26-32-49)47-15-7-14-46(38-47)41-11-3-2-4-12-41)51-17-8-16-48(39-51)53-20-10-22-59-61(53)55-35-29-43-13-5-6-18-54(43)62(55)65-59/h2-36,38-40H,37H2,1H3. The number of anilines is 3. The normalized spacial score (nSPS) is 13.6. The van der Waals surface area contributed by atoms with Gasteiger partial charge in [0.1, 0.15) is 22.3 Å². The molecule has 1 aliphatic carbocycles. The third-order valence-electron chi connectivity index (χ3n) is 13.6. The van der Waals surface area contributed by atoms with Gasteiger partial charge in [0.25, 0.3) is 0 Å². The SMILES string of the molecule is CC1C=Cc2ccc3c(oc4cccc(-c5ccc(N(c6ccc(-c7cccc(-c8ccccc8)c7)cc6)c6cccc(-c7cccc8oc9c%10ccccc%10ccc9c78)c6)cc5)c43)c2C1. The van der Waals surface area contributed by atoms with E-state index in [1.165, 1.54) is 49.7 Å². The van der Waals surface area contributed by atoms with Crippen molar-refractivity contribution in [3.8, 4) is 44.5 Å². The summed E-state index contributed by atoms with van der Waals surface area (Å²) in [5.74, 6) is 0.481. The molecular weight excluding hydrogens is 803 g/mol. The Morgan fingerprint density at radius 2 is 0.985 bits per heavy atom. The summed E-state index contributed by atoms with van der Waals surface area (Å²) in [7, 11) is 0. The van der Waals surface area contributed by atoms with E-state index in [0.717, 1.165) is 84.1 Å². The van der Waals surface area contributed by atoms with Crippen molar-refractivity contribution in [2.24, 2.45) is 5.92 Å². The largest absolute Gasteiger partial charge is 0.456 e. The van der Waals surface area contributed by atoms with Gasteiger partial charge in [0.15, 0.2) is 0 Å². The van der Waals surface area contributed by atoms with Gasteiger partial charge in [-0.15, -0.1) is 0 Å². The second kappa shape index (κ2) is 15.4. The molecule has 66 heavy (non-hydrogen) atoms. The first-order valence-corrected chi connectivity index (χ1v) is 22.9. The Labute approximate surface area is 383 Å². The highest BCUT2D eigenvalue weighted by molar-refractivity contribution is 6.19. The molecule has 12 aromatic rings. The summed E-state index contributed by atoms with van der Waals surface area (Å²) >= 11 is 0. The van der Waals surface area contributed by atoms with Crippen molar-refractivity contribution >= 4 is 77.8 Å². The van der Waals surface area contributed by atoms with Crippen LogP contribution >= 0.6 is 0 Å². The summed E-state index contributed by atoms with van der Waals surface area (Å²) in [5.41, 5.74) is 18.8. The van der Waals surface area contributed by atoms with Crippen LogP contribution in [0.25, 0.3) is 105 Å². The van der Waals surface area contributed by atoms with E-state index in [1.807, 2.05) is 0 Å². The van der Waals surface area contributed by atoms with Crippen molar-refractivity contribution in [1.29, 1.82) is 0 Å². The van der Waals surface area contributed by atoms with Crippen LogP contribution in [-0.4, -0.2) is 0 Å². The summed E-state index contributed by atoms with van der Waals surface area (Å²) in [6.45, 7) is 2.27. The average Bonchev–Trinajstić information content (AvgIpc) is 3.97. The molecule has 2 heterocycles. The Kier molecular flexibility index (Phi) is 8.89. The summed E-state index contributed by atoms with van der Waals surface area (Å²) in [5, 5.41) is 6.88. The molecule has 0 bridgehead atoms. The van der Waals surface area contributed by atoms with Gasteiger partial charge in [-0.05, 0) is 135 Å². The lowest BCUT2D eigenvalue weighted by Gasteiger charge is -2.26. The highest BCUT2D eigenvalue weighted by atomic mass is 16.3. The molecule has 0 fully saturated rings. The van der Waals surface area contributed by atoms with Crippen molar-refractivity contribution in [1.82, 2.24) is 0 Å². The smallest absolute Gasteiger partial charge is 0.143 e. The summed E-state index contributed by atoms with van der Waals surface area (Å²) in [6.07, 6.45) is 5.53. The van der Waals surface area contributed by atoms with Gasteiger partial charge in [0, 0.05) is 49.6 Å². The van der Waals surface area contributed by atoms with E-state index in [-0.39, 0.29) is 0 Å². The van der Waals surface area contributed by atoms with Crippen LogP contribution in [0.5, 0.6) is 0 Å². The lowest BCUT2D eigenvalue weighted by atomic mass is 9.89. The Hall–Kier alpha value is -8.40. The Morgan fingerprint density at radius 1 is 0.409 bits per heavy atom. The first-order valence-electron chi connectivity index (χ1n) is 22.9. The molecule has 0 saturated carbocycles. The number of allylic oxidation sites excluding steroid dienone is 1. The van der Waals surface area contributed by atoms with Crippen molar-refractivity contribution in [3.05, 3.63) is 230 Å². The third kappa shape index (κ3) is 6.35. The summed E-state index contributed by atoms with van der Waals surface area (Å²) in [6, 6.07) is 76.5. The van der Waals surface area contributed by atoms with Crippen molar-refractivity contribution in [2.75, 3.05) is 4.90 Å². The van der Waals surface area contributed by atoms with Crippen molar-refractivity contribution in [3.63, 3.8) is 0 Å². The number of furan rings is 2. The maximum atomic E-state index is 6.67. The van der Waals surface area contributed by atoms with Gasteiger partial charge in [-0.2, -0.15) is 0 Å². The second-order valence-corrected chi connectivity index (χ2v) is 17.7. The number of hydrogen-bond donors (Lipinski definition) is 0. The topological polar surface area (TPSA) is 29.5 Å². The second-order valence-electron chi connectivity index (χ2n) is 17.7. The van der Waals surface area contributed by atoms with Crippen molar-refractivity contribution < 1.29 is 8.83 Å². The van der Waals surface area contributed by atoms with Crippen molar-refractivity contribution in [2.45, 2.75) is 13.3 Å². The molecule has 0 saturated heterocycles. The average molecular weight is 846 g/mol. The number of nitrogens with zero attached hydrogens (tertiary/aromatic N) is 1. The first-order chi connectivity index (χ1) is 32.6. The zero-order valence-corrected chi connectivity index (χ0v) is 36.4. The van der Waals surface area contributed by atoms with E-state index in [1.54, 1.807) is 0 Å². The van der Waals surface area contributed by atoms with Gasteiger partial charge in [-0.25, -0.2) is 0 Å². The minimum absolute atomic E-state index is 0.481. The first kappa shape index (κ1) is 38.1. The molecule has 3 heteroatoms. The molecule has 1 unspecified atom stereocenters. The van der Waals surface area contributed by atoms with Crippen LogP contribution < -0.4 is 4.90 Å². The van der Waals surface area contributed by atoms with Crippen LogP contribution in [0.2, 0.25) is 0 Å². The lowest BCUT2D eigenvalue weighted by Crippen LogP contribution is -2.10. The highest BCUT2D eigenvalue weighted by Gasteiger charge is 2.22. The predicted molar refractivity (Wildman–Crippen MR) is 277 cm³/mol. The molecule has 1 aliphatic rings. The zero-order valence-electron chi connectivity index (χ0n) is 36.4. The number of rotatable bonds is 7. The molecule has 0 N–H and O–H groups in total. The number of fused-ring (bicyclic) bond motifs is 10. The zero-order chi connectivity index (χ0) is 43.7.